The summed E-state index contributed by atoms with van der Waals surface area (Å²) in [5.74, 6) is -1.94. The Morgan fingerprint density at radius 3 is 2.57 bits per heavy atom. The number of nitrogens with one attached hydrogen (secondary N) is 2. The summed E-state index contributed by atoms with van der Waals surface area (Å²) in [4.78, 5) is 52.7. The van der Waals surface area contributed by atoms with E-state index in [4.69, 9.17) is 0 Å². The summed E-state index contributed by atoms with van der Waals surface area (Å²) in [7, 11) is 2.00. The van der Waals surface area contributed by atoms with E-state index >= 15 is 0 Å². The van der Waals surface area contributed by atoms with E-state index < -0.39 is 23.8 Å². The quantitative estimate of drug-likeness (QED) is 0.560. The predicted molar refractivity (Wildman–Crippen MR) is 111 cm³/mol. The molecule has 0 radical (unpaired) electrons. The van der Waals surface area contributed by atoms with Gasteiger partial charge >= 0.3 is 0 Å². The molecule has 1 aromatic rings. The van der Waals surface area contributed by atoms with Crippen molar-refractivity contribution in [2.24, 2.45) is 0 Å². The first kappa shape index (κ1) is 20.3. The van der Waals surface area contributed by atoms with Crippen molar-refractivity contribution in [2.45, 2.75) is 50.7 Å². The van der Waals surface area contributed by atoms with E-state index in [1.165, 1.54) is 0 Å². The molecule has 2 heterocycles. The Morgan fingerprint density at radius 2 is 1.83 bits per heavy atom. The molecule has 1 saturated heterocycles. The summed E-state index contributed by atoms with van der Waals surface area (Å²) in [6.07, 6.45) is 6.44. The highest BCUT2D eigenvalue weighted by molar-refractivity contribution is 6.23. The lowest BCUT2D eigenvalue weighted by Crippen LogP contribution is -2.54. The van der Waals surface area contributed by atoms with Crippen molar-refractivity contribution in [1.82, 2.24) is 15.5 Å². The Kier molecular flexibility index (Phi) is 5.42. The molecule has 4 amide bonds. The monoisotopic (exact) mass is 410 g/mol. The lowest BCUT2D eigenvalue weighted by Gasteiger charge is -2.37. The van der Waals surface area contributed by atoms with Crippen LogP contribution in [0.4, 0.5) is 5.69 Å². The molecule has 2 aliphatic heterocycles. The van der Waals surface area contributed by atoms with Gasteiger partial charge < -0.3 is 10.2 Å². The van der Waals surface area contributed by atoms with Crippen LogP contribution in [-0.4, -0.2) is 60.2 Å². The van der Waals surface area contributed by atoms with Crippen LogP contribution in [0.2, 0.25) is 0 Å². The molecule has 3 atom stereocenters. The fraction of sp³-hybridized carbons (Fsp3) is 0.455. The highest BCUT2D eigenvalue weighted by atomic mass is 16.2. The molecule has 1 aliphatic carbocycles. The molecular weight excluding hydrogens is 384 g/mol. The number of benzene rings is 1. The molecule has 1 unspecified atom stereocenters. The number of imide groups is 2. The predicted octanol–water partition coefficient (Wildman–Crippen LogP) is 1.22. The smallest absolute Gasteiger partial charge is 0.262 e. The van der Waals surface area contributed by atoms with E-state index in [1.54, 1.807) is 12.1 Å². The zero-order valence-electron chi connectivity index (χ0n) is 17.2. The van der Waals surface area contributed by atoms with Gasteiger partial charge in [-0.25, -0.2) is 0 Å². The number of rotatable bonds is 5. The van der Waals surface area contributed by atoms with E-state index in [1.807, 2.05) is 13.1 Å². The van der Waals surface area contributed by atoms with Gasteiger partial charge in [-0.1, -0.05) is 19.1 Å². The molecule has 8 heteroatoms. The summed E-state index contributed by atoms with van der Waals surface area (Å²) < 4.78 is 0. The first-order valence-electron chi connectivity index (χ1n) is 10.4. The van der Waals surface area contributed by atoms with Crippen LogP contribution in [-0.2, 0) is 9.59 Å². The van der Waals surface area contributed by atoms with E-state index in [9.17, 15) is 19.2 Å². The van der Waals surface area contributed by atoms with Crippen LogP contribution in [0.5, 0.6) is 0 Å². The van der Waals surface area contributed by atoms with Crippen molar-refractivity contribution in [3.63, 3.8) is 0 Å². The Morgan fingerprint density at radius 1 is 1.10 bits per heavy atom. The third-order valence-corrected chi connectivity index (χ3v) is 6.19. The Bertz CT molecular complexity index is 941. The molecule has 1 fully saturated rings. The second kappa shape index (κ2) is 8.02. The zero-order chi connectivity index (χ0) is 21.4. The number of carbonyl (C=O) groups is 4. The van der Waals surface area contributed by atoms with Crippen LogP contribution in [0, 0.1) is 0 Å². The number of likely N-dealkylation sites (N-methyl/N-ethyl adjacent to an activating group) is 2. The van der Waals surface area contributed by atoms with Crippen molar-refractivity contribution >= 4 is 29.3 Å². The average molecular weight is 410 g/mol. The van der Waals surface area contributed by atoms with Crippen LogP contribution < -0.4 is 15.5 Å². The molecular formula is C22H26N4O4. The van der Waals surface area contributed by atoms with Crippen molar-refractivity contribution < 1.29 is 19.2 Å². The van der Waals surface area contributed by atoms with Crippen molar-refractivity contribution in [3.8, 4) is 0 Å². The number of anilines is 1. The van der Waals surface area contributed by atoms with E-state index in [2.05, 4.69) is 34.6 Å². The standard InChI is InChI=1S/C22H26N4O4/c1-3-23-16-6-4-5-7-17(16)25(2)13-8-9-14-15(12-13)22(30)26(21(14)29)18-10-11-19(27)24-20(18)28/h4-5,8-9,12,16-18,23H,3,6-7,10-11H2,1-2H3,(H,24,27,28)/t16-,17-,18?/m0/s1. The number of piperidine rings is 1. The fourth-order valence-corrected chi connectivity index (χ4v) is 4.58. The van der Waals surface area contributed by atoms with Gasteiger partial charge in [0, 0.05) is 31.2 Å². The number of hydrogen-bond donors (Lipinski definition) is 2. The molecule has 30 heavy (non-hydrogen) atoms. The summed E-state index contributed by atoms with van der Waals surface area (Å²) >= 11 is 0. The average Bonchev–Trinajstić information content (AvgIpc) is 2.98. The maximum Gasteiger partial charge on any atom is 0.262 e. The van der Waals surface area contributed by atoms with Gasteiger partial charge in [-0.05, 0) is 44.0 Å². The van der Waals surface area contributed by atoms with Gasteiger partial charge in [0.25, 0.3) is 11.8 Å². The third-order valence-electron chi connectivity index (χ3n) is 6.19. The van der Waals surface area contributed by atoms with Gasteiger partial charge in [-0.2, -0.15) is 0 Å². The van der Waals surface area contributed by atoms with E-state index in [0.29, 0.717) is 17.2 Å². The van der Waals surface area contributed by atoms with Crippen LogP contribution in [0.3, 0.4) is 0 Å². The minimum atomic E-state index is -0.946. The SMILES string of the molecule is CCN[C@H]1CC=CC[C@@H]1N(C)c1ccc2c(c1)C(=O)N(C1CCC(=O)NC1=O)C2=O. The van der Waals surface area contributed by atoms with E-state index in [0.717, 1.165) is 30.0 Å². The number of hydrogen-bond acceptors (Lipinski definition) is 6. The molecule has 0 aromatic heterocycles. The summed E-state index contributed by atoms with van der Waals surface area (Å²) in [5.41, 5.74) is 1.46. The lowest BCUT2D eigenvalue weighted by atomic mass is 9.94. The summed E-state index contributed by atoms with van der Waals surface area (Å²) in [6.45, 7) is 2.96. The molecule has 0 saturated carbocycles. The molecule has 4 rings (SSSR count). The van der Waals surface area contributed by atoms with Crippen LogP contribution in [0.1, 0.15) is 53.3 Å². The lowest BCUT2D eigenvalue weighted by molar-refractivity contribution is -0.136. The van der Waals surface area contributed by atoms with Gasteiger partial charge in [0.1, 0.15) is 6.04 Å². The molecule has 0 bridgehead atoms. The van der Waals surface area contributed by atoms with Crippen LogP contribution >= 0.6 is 0 Å². The molecule has 0 spiro atoms. The topological polar surface area (TPSA) is 98.8 Å². The Hall–Kier alpha value is -3.00. The van der Waals surface area contributed by atoms with Gasteiger partial charge in [0.15, 0.2) is 0 Å². The Balaban J connectivity index is 1.59. The highest BCUT2D eigenvalue weighted by Crippen LogP contribution is 2.32. The second-order valence-electron chi connectivity index (χ2n) is 7.96. The minimum Gasteiger partial charge on any atom is -0.370 e. The number of nitrogens with zero attached hydrogens (tertiary/aromatic N) is 2. The van der Waals surface area contributed by atoms with Crippen molar-refractivity contribution in [2.75, 3.05) is 18.5 Å². The normalized spacial score (nSPS) is 26.1. The molecule has 3 aliphatic rings. The first-order chi connectivity index (χ1) is 14.4. The minimum absolute atomic E-state index is 0.110. The summed E-state index contributed by atoms with van der Waals surface area (Å²) in [5, 5.41) is 5.74. The highest BCUT2D eigenvalue weighted by Gasteiger charge is 2.44. The molecule has 1 aromatic carbocycles. The van der Waals surface area contributed by atoms with Gasteiger partial charge in [-0.3, -0.25) is 29.4 Å². The molecule has 8 nitrogen and oxygen atoms in total. The number of carbonyl (C=O) groups excluding carboxylic acids is 4. The van der Waals surface area contributed by atoms with Gasteiger partial charge in [0.05, 0.1) is 11.1 Å². The second-order valence-corrected chi connectivity index (χ2v) is 7.96. The maximum absolute atomic E-state index is 13.0. The largest absolute Gasteiger partial charge is 0.370 e. The number of fused-ring (bicyclic) bond motifs is 1. The Labute approximate surface area is 175 Å². The van der Waals surface area contributed by atoms with Gasteiger partial charge in [-0.15, -0.1) is 0 Å². The number of amides is 4. The van der Waals surface area contributed by atoms with E-state index in [-0.39, 0.29) is 24.8 Å². The van der Waals surface area contributed by atoms with Crippen molar-refractivity contribution in [1.29, 1.82) is 0 Å². The zero-order valence-corrected chi connectivity index (χ0v) is 17.2. The van der Waals surface area contributed by atoms with Crippen LogP contribution in [0.15, 0.2) is 30.4 Å². The first-order valence-corrected chi connectivity index (χ1v) is 10.4. The van der Waals surface area contributed by atoms with Crippen LogP contribution in [0.25, 0.3) is 0 Å². The maximum atomic E-state index is 13.0. The molecule has 2 N–H and O–H groups in total. The summed E-state index contributed by atoms with van der Waals surface area (Å²) in [6, 6.07) is 4.83. The molecule has 158 valence electrons. The van der Waals surface area contributed by atoms with Gasteiger partial charge in [0.2, 0.25) is 11.8 Å². The third kappa shape index (κ3) is 3.41. The fourth-order valence-electron chi connectivity index (χ4n) is 4.58. The van der Waals surface area contributed by atoms with Crippen molar-refractivity contribution in [3.05, 3.63) is 41.5 Å².